The van der Waals surface area contributed by atoms with Crippen LogP contribution in [0.4, 0.5) is 17.6 Å². The zero-order chi connectivity index (χ0) is 20.5. The lowest BCUT2D eigenvalue weighted by Gasteiger charge is -2.31. The molecule has 1 aromatic carbocycles. The molecule has 1 fully saturated rings. The van der Waals surface area contributed by atoms with Gasteiger partial charge in [0.2, 0.25) is 5.91 Å². The van der Waals surface area contributed by atoms with Crippen LogP contribution in [0.3, 0.4) is 0 Å². The molecule has 0 spiro atoms. The molecule has 1 aliphatic carbocycles. The van der Waals surface area contributed by atoms with E-state index in [9.17, 15) is 27.2 Å². The summed E-state index contributed by atoms with van der Waals surface area (Å²) in [5.41, 5.74) is 1.11. The molecule has 1 saturated carbocycles. The maximum Gasteiger partial charge on any atom is 0.391 e. The number of benzene rings is 1. The summed E-state index contributed by atoms with van der Waals surface area (Å²) in [7, 11) is 0. The smallest absolute Gasteiger partial charge is 0.352 e. The Hall–Kier alpha value is -2.16. The molecular formula is C19H20F4N2O2S. The van der Waals surface area contributed by atoms with E-state index < -0.39 is 29.9 Å². The van der Waals surface area contributed by atoms with Crippen molar-refractivity contribution in [3.63, 3.8) is 0 Å². The number of carbonyl (C=O) groups is 1. The lowest BCUT2D eigenvalue weighted by atomic mass is 9.85. The van der Waals surface area contributed by atoms with Crippen molar-refractivity contribution in [2.24, 2.45) is 5.92 Å². The molecular weight excluding hydrogens is 396 g/mol. The topological polar surface area (TPSA) is 51.1 Å². The van der Waals surface area contributed by atoms with Crippen molar-refractivity contribution in [1.82, 2.24) is 9.88 Å². The van der Waals surface area contributed by atoms with Gasteiger partial charge in [-0.1, -0.05) is 17.8 Å². The highest BCUT2D eigenvalue weighted by Crippen LogP contribution is 2.37. The van der Waals surface area contributed by atoms with Gasteiger partial charge in [-0.3, -0.25) is 14.2 Å². The highest BCUT2D eigenvalue weighted by molar-refractivity contribution is 7.09. The number of thiazole rings is 1. The number of rotatable bonds is 4. The van der Waals surface area contributed by atoms with Gasteiger partial charge in [-0.25, -0.2) is 4.39 Å². The monoisotopic (exact) mass is 416 g/mol. The van der Waals surface area contributed by atoms with Crippen LogP contribution in [0, 0.1) is 18.7 Å². The second kappa shape index (κ2) is 8.06. The van der Waals surface area contributed by atoms with E-state index in [0.717, 1.165) is 11.3 Å². The quantitative estimate of drug-likeness (QED) is 0.758. The van der Waals surface area contributed by atoms with Gasteiger partial charge in [0.05, 0.1) is 11.6 Å². The van der Waals surface area contributed by atoms with Gasteiger partial charge in [0, 0.05) is 10.9 Å². The fourth-order valence-electron chi connectivity index (χ4n) is 3.66. The van der Waals surface area contributed by atoms with Crippen molar-refractivity contribution in [3.05, 3.63) is 44.6 Å². The number of hydrogen-bond donors (Lipinski definition) is 1. The summed E-state index contributed by atoms with van der Waals surface area (Å²) in [6, 6.07) is 5.01. The molecule has 0 saturated heterocycles. The molecule has 1 N–H and O–H groups in total. The molecule has 1 aromatic heterocycles. The van der Waals surface area contributed by atoms with E-state index in [1.165, 1.54) is 28.8 Å². The van der Waals surface area contributed by atoms with Crippen LogP contribution in [0.25, 0.3) is 11.3 Å². The average Bonchev–Trinajstić information content (AvgIpc) is 2.88. The van der Waals surface area contributed by atoms with Crippen molar-refractivity contribution >= 4 is 17.2 Å². The molecule has 3 rings (SSSR count). The SMILES string of the molecule is Cc1sc(=O)n(CC(=O)N[C@H]2CCC[C@@H](C(F)(F)F)C2)c1-c1ccc(F)cc1. The summed E-state index contributed by atoms with van der Waals surface area (Å²) in [5.74, 6) is -2.33. The first-order valence-corrected chi connectivity index (χ1v) is 9.79. The average molecular weight is 416 g/mol. The fraction of sp³-hybridized carbons (Fsp3) is 0.474. The van der Waals surface area contributed by atoms with E-state index in [0.29, 0.717) is 29.0 Å². The van der Waals surface area contributed by atoms with Gasteiger partial charge < -0.3 is 5.32 Å². The second-order valence-electron chi connectivity index (χ2n) is 7.04. The zero-order valence-electron chi connectivity index (χ0n) is 15.2. The normalized spacial score (nSPS) is 20.2. The van der Waals surface area contributed by atoms with Crippen molar-refractivity contribution in [3.8, 4) is 11.3 Å². The molecule has 2 aromatic rings. The Bertz CT molecular complexity index is 902. The fourth-order valence-corrected chi connectivity index (χ4v) is 4.51. The van der Waals surface area contributed by atoms with Gasteiger partial charge in [-0.2, -0.15) is 13.2 Å². The largest absolute Gasteiger partial charge is 0.391 e. The van der Waals surface area contributed by atoms with Gasteiger partial charge in [0.1, 0.15) is 12.4 Å². The molecule has 28 heavy (non-hydrogen) atoms. The number of amides is 1. The molecule has 1 heterocycles. The van der Waals surface area contributed by atoms with Crippen LogP contribution in [-0.4, -0.2) is 22.7 Å². The first kappa shape index (κ1) is 20.6. The lowest BCUT2D eigenvalue weighted by molar-refractivity contribution is -0.184. The van der Waals surface area contributed by atoms with Crippen LogP contribution < -0.4 is 10.2 Å². The maximum atomic E-state index is 13.2. The van der Waals surface area contributed by atoms with Crippen molar-refractivity contribution in [2.75, 3.05) is 0 Å². The van der Waals surface area contributed by atoms with E-state index in [2.05, 4.69) is 5.32 Å². The third-order valence-electron chi connectivity index (χ3n) is 4.99. The van der Waals surface area contributed by atoms with Crippen LogP contribution in [0.1, 0.15) is 30.6 Å². The number of alkyl halides is 3. The third kappa shape index (κ3) is 4.63. The molecule has 152 valence electrons. The minimum absolute atomic E-state index is 0.0772. The standard InChI is InChI=1S/C19H20F4N2O2S/c1-11-17(12-5-7-14(20)8-6-12)25(18(27)28-11)10-16(26)24-15-4-2-3-13(9-15)19(21,22)23/h5-8,13,15H,2-4,9-10H2,1H3,(H,24,26)/t13-,15+/m1/s1. The number of nitrogens with one attached hydrogen (secondary N) is 1. The Kier molecular flexibility index (Phi) is 5.92. The Balaban J connectivity index is 1.74. The van der Waals surface area contributed by atoms with Gasteiger partial charge in [-0.05, 0) is 56.0 Å². The number of halogens is 4. The number of aromatic nitrogens is 1. The molecule has 1 amide bonds. The van der Waals surface area contributed by atoms with E-state index in [4.69, 9.17) is 0 Å². The lowest BCUT2D eigenvalue weighted by Crippen LogP contribution is -2.43. The van der Waals surface area contributed by atoms with Crippen molar-refractivity contribution in [2.45, 2.75) is 51.4 Å². The van der Waals surface area contributed by atoms with Crippen LogP contribution in [0.15, 0.2) is 29.1 Å². The Morgan fingerprint density at radius 1 is 1.25 bits per heavy atom. The summed E-state index contributed by atoms with van der Waals surface area (Å²) < 4.78 is 53.3. The summed E-state index contributed by atoms with van der Waals surface area (Å²) in [5, 5.41) is 2.64. The summed E-state index contributed by atoms with van der Waals surface area (Å²) in [4.78, 5) is 25.1. The summed E-state index contributed by atoms with van der Waals surface area (Å²) >= 11 is 0.972. The van der Waals surface area contributed by atoms with Crippen LogP contribution >= 0.6 is 11.3 Å². The Morgan fingerprint density at radius 2 is 1.93 bits per heavy atom. The molecule has 0 radical (unpaired) electrons. The Labute approximate surface area is 163 Å². The molecule has 9 heteroatoms. The van der Waals surface area contributed by atoms with Gasteiger partial charge in [0.15, 0.2) is 0 Å². The maximum absolute atomic E-state index is 13.2. The minimum Gasteiger partial charge on any atom is -0.352 e. The van der Waals surface area contributed by atoms with E-state index in [1.54, 1.807) is 6.92 Å². The molecule has 4 nitrogen and oxygen atoms in total. The van der Waals surface area contributed by atoms with E-state index in [1.807, 2.05) is 0 Å². The van der Waals surface area contributed by atoms with Gasteiger partial charge in [0.25, 0.3) is 0 Å². The predicted molar refractivity (Wildman–Crippen MR) is 98.7 cm³/mol. The van der Waals surface area contributed by atoms with Crippen LogP contribution in [0.2, 0.25) is 0 Å². The van der Waals surface area contributed by atoms with Crippen molar-refractivity contribution in [1.29, 1.82) is 0 Å². The van der Waals surface area contributed by atoms with Gasteiger partial charge in [-0.15, -0.1) is 0 Å². The van der Waals surface area contributed by atoms with Crippen LogP contribution in [-0.2, 0) is 11.3 Å². The molecule has 0 bridgehead atoms. The zero-order valence-corrected chi connectivity index (χ0v) is 16.0. The number of aryl methyl sites for hydroxylation is 1. The van der Waals surface area contributed by atoms with Crippen LogP contribution in [0.5, 0.6) is 0 Å². The first-order chi connectivity index (χ1) is 13.1. The highest BCUT2D eigenvalue weighted by atomic mass is 32.1. The van der Waals surface area contributed by atoms with E-state index in [-0.39, 0.29) is 24.3 Å². The number of nitrogens with zero attached hydrogens (tertiary/aromatic N) is 1. The predicted octanol–water partition coefficient (Wildman–Crippen LogP) is 4.26. The third-order valence-corrected chi connectivity index (χ3v) is 5.88. The Morgan fingerprint density at radius 3 is 2.57 bits per heavy atom. The van der Waals surface area contributed by atoms with E-state index >= 15 is 0 Å². The first-order valence-electron chi connectivity index (χ1n) is 8.97. The molecule has 0 unspecified atom stereocenters. The molecule has 0 aliphatic heterocycles. The summed E-state index contributed by atoms with van der Waals surface area (Å²) in [6.45, 7) is 1.44. The summed E-state index contributed by atoms with van der Waals surface area (Å²) in [6.07, 6.45) is -3.44. The van der Waals surface area contributed by atoms with Gasteiger partial charge >= 0.3 is 11.0 Å². The molecule has 2 atom stereocenters. The number of carbonyl (C=O) groups excluding carboxylic acids is 1. The minimum atomic E-state index is -4.26. The second-order valence-corrected chi connectivity index (χ2v) is 8.20. The highest BCUT2D eigenvalue weighted by Gasteiger charge is 2.42. The molecule has 1 aliphatic rings. The number of hydrogen-bond acceptors (Lipinski definition) is 3. The van der Waals surface area contributed by atoms with Crippen molar-refractivity contribution < 1.29 is 22.4 Å².